The fraction of sp³-hybridized carbons (Fsp3) is 0.350. The highest BCUT2D eigenvalue weighted by Gasteiger charge is 2.59. The molecular formula is C20H19F2N5O. The minimum absolute atomic E-state index is 0.164. The summed E-state index contributed by atoms with van der Waals surface area (Å²) in [5.74, 6) is -2.49. The van der Waals surface area contributed by atoms with Gasteiger partial charge in [-0.1, -0.05) is 5.16 Å². The zero-order chi connectivity index (χ0) is 19.8. The van der Waals surface area contributed by atoms with Crippen LogP contribution in [-0.4, -0.2) is 31.2 Å². The van der Waals surface area contributed by atoms with E-state index < -0.39 is 11.8 Å². The Labute approximate surface area is 159 Å². The third-order valence-corrected chi connectivity index (χ3v) is 5.49. The summed E-state index contributed by atoms with van der Waals surface area (Å²) in [7, 11) is 0. The zero-order valence-corrected chi connectivity index (χ0v) is 15.9. The molecule has 0 spiro atoms. The predicted molar refractivity (Wildman–Crippen MR) is 100 cm³/mol. The highest BCUT2D eigenvalue weighted by atomic mass is 19.3. The molecule has 3 aromatic heterocycles. The first-order valence-electron chi connectivity index (χ1n) is 9.13. The Hall–Kier alpha value is -3.03. The van der Waals surface area contributed by atoms with Gasteiger partial charge < -0.3 is 9.51 Å². The van der Waals surface area contributed by atoms with Gasteiger partial charge in [-0.15, -0.1) is 0 Å². The van der Waals surface area contributed by atoms with Crippen LogP contribution in [0.4, 0.5) is 8.78 Å². The van der Waals surface area contributed by atoms with E-state index in [4.69, 9.17) is 4.52 Å². The van der Waals surface area contributed by atoms with Gasteiger partial charge in [0.2, 0.25) is 0 Å². The molecule has 2 N–H and O–H groups in total. The molecule has 28 heavy (non-hydrogen) atoms. The minimum atomic E-state index is -2.68. The van der Waals surface area contributed by atoms with Crippen LogP contribution in [0.1, 0.15) is 41.0 Å². The van der Waals surface area contributed by atoms with E-state index in [-0.39, 0.29) is 6.42 Å². The molecule has 8 heteroatoms. The number of aryl methyl sites for hydroxylation is 4. The van der Waals surface area contributed by atoms with Crippen LogP contribution in [0.5, 0.6) is 0 Å². The monoisotopic (exact) mass is 383 g/mol. The van der Waals surface area contributed by atoms with Crippen molar-refractivity contribution < 1.29 is 13.3 Å². The predicted octanol–water partition coefficient (Wildman–Crippen LogP) is 4.96. The Morgan fingerprint density at radius 3 is 2.43 bits per heavy atom. The second-order valence-electron chi connectivity index (χ2n) is 7.57. The van der Waals surface area contributed by atoms with Crippen molar-refractivity contribution in [3.63, 3.8) is 0 Å². The molecule has 1 fully saturated rings. The number of alkyl halides is 2. The Morgan fingerprint density at radius 2 is 1.86 bits per heavy atom. The van der Waals surface area contributed by atoms with Gasteiger partial charge in [-0.3, -0.25) is 5.10 Å². The molecule has 4 aromatic rings. The van der Waals surface area contributed by atoms with Crippen molar-refractivity contribution in [1.29, 1.82) is 0 Å². The lowest BCUT2D eigenvalue weighted by molar-refractivity contribution is 0.111. The van der Waals surface area contributed by atoms with Crippen LogP contribution in [0.3, 0.4) is 0 Å². The van der Waals surface area contributed by atoms with Gasteiger partial charge in [0.25, 0.3) is 5.92 Å². The van der Waals surface area contributed by atoms with Gasteiger partial charge in [0.1, 0.15) is 11.6 Å². The first-order valence-corrected chi connectivity index (χ1v) is 9.13. The summed E-state index contributed by atoms with van der Waals surface area (Å²) >= 11 is 0. The fourth-order valence-electron chi connectivity index (χ4n) is 3.99. The van der Waals surface area contributed by atoms with Crippen molar-refractivity contribution in [2.45, 2.75) is 46.0 Å². The van der Waals surface area contributed by atoms with Gasteiger partial charge in [0.05, 0.1) is 28.3 Å². The van der Waals surface area contributed by atoms with E-state index >= 15 is 0 Å². The molecule has 5 rings (SSSR count). The first-order chi connectivity index (χ1) is 13.3. The lowest BCUT2D eigenvalue weighted by atomic mass is 9.96. The summed E-state index contributed by atoms with van der Waals surface area (Å²) in [5.41, 5.74) is 7.49. The molecule has 1 aliphatic carbocycles. The minimum Gasteiger partial charge on any atom is -0.361 e. The maximum Gasteiger partial charge on any atom is 0.259 e. The van der Waals surface area contributed by atoms with Crippen molar-refractivity contribution in [1.82, 2.24) is 25.3 Å². The van der Waals surface area contributed by atoms with Gasteiger partial charge in [-0.05, 0) is 45.4 Å². The van der Waals surface area contributed by atoms with E-state index in [1.54, 1.807) is 0 Å². The number of hydrogen-bond acceptors (Lipinski definition) is 4. The molecule has 0 bridgehead atoms. The molecule has 144 valence electrons. The molecule has 1 aliphatic rings. The highest BCUT2D eigenvalue weighted by molar-refractivity contribution is 5.97. The van der Waals surface area contributed by atoms with E-state index in [9.17, 15) is 8.78 Å². The van der Waals surface area contributed by atoms with E-state index in [1.807, 2.05) is 39.8 Å². The number of fused-ring (bicyclic) bond motifs is 1. The van der Waals surface area contributed by atoms with Crippen LogP contribution >= 0.6 is 0 Å². The van der Waals surface area contributed by atoms with E-state index in [0.29, 0.717) is 17.1 Å². The van der Waals surface area contributed by atoms with Crippen molar-refractivity contribution in [3.8, 4) is 22.3 Å². The fourth-order valence-corrected chi connectivity index (χ4v) is 3.99. The summed E-state index contributed by atoms with van der Waals surface area (Å²) in [4.78, 5) is 7.67. The highest BCUT2D eigenvalue weighted by Crippen LogP contribution is 2.55. The Balaban J connectivity index is 1.80. The second kappa shape index (κ2) is 5.50. The van der Waals surface area contributed by atoms with E-state index in [1.165, 1.54) is 0 Å². The van der Waals surface area contributed by atoms with Gasteiger partial charge >= 0.3 is 0 Å². The Morgan fingerprint density at radius 1 is 1.11 bits per heavy atom. The number of nitrogens with zero attached hydrogens (tertiary/aromatic N) is 3. The van der Waals surface area contributed by atoms with Crippen LogP contribution in [0.25, 0.3) is 33.3 Å². The number of benzene rings is 1. The Bertz CT molecular complexity index is 1190. The third kappa shape index (κ3) is 2.40. The molecule has 0 amide bonds. The topological polar surface area (TPSA) is 83.4 Å². The summed E-state index contributed by atoms with van der Waals surface area (Å²) in [6, 6.07) is 3.92. The van der Waals surface area contributed by atoms with Gasteiger partial charge in [0.15, 0.2) is 0 Å². The van der Waals surface area contributed by atoms with Gasteiger partial charge in [-0.2, -0.15) is 5.10 Å². The first kappa shape index (κ1) is 17.1. The molecule has 1 unspecified atom stereocenters. The summed E-state index contributed by atoms with van der Waals surface area (Å²) in [5, 5.41) is 11.3. The molecular weight excluding hydrogens is 364 g/mol. The maximum absolute atomic E-state index is 13.6. The van der Waals surface area contributed by atoms with Gasteiger partial charge in [-0.25, -0.2) is 13.8 Å². The zero-order valence-electron chi connectivity index (χ0n) is 15.9. The normalized spacial score (nSPS) is 18.1. The lowest BCUT2D eigenvalue weighted by Gasteiger charge is -2.08. The van der Waals surface area contributed by atoms with Crippen molar-refractivity contribution >= 4 is 11.0 Å². The van der Waals surface area contributed by atoms with Crippen molar-refractivity contribution in [3.05, 3.63) is 40.8 Å². The molecule has 1 atom stereocenters. The number of H-pyrrole nitrogens is 2. The number of imidazole rings is 1. The molecule has 1 saturated carbocycles. The standard InChI is InChI=1S/C20H19F2N5O/c1-8-16(9(2)26-25-8)13-5-12(17-10(3)27-28-11(17)4)6-15-18(13)24-19(23-15)14-7-20(14,21)22/h5-6,14H,7H2,1-4H3,(H,23,24)(H,25,26). The van der Waals surface area contributed by atoms with Crippen LogP contribution < -0.4 is 0 Å². The Kier molecular flexibility index (Phi) is 3.36. The van der Waals surface area contributed by atoms with Crippen molar-refractivity contribution in [2.75, 3.05) is 0 Å². The molecule has 0 radical (unpaired) electrons. The average Bonchev–Trinajstić information content (AvgIpc) is 2.97. The maximum atomic E-state index is 13.6. The summed E-state index contributed by atoms with van der Waals surface area (Å²) < 4.78 is 32.6. The number of aromatic amines is 2. The molecule has 0 aliphatic heterocycles. The summed E-state index contributed by atoms with van der Waals surface area (Å²) in [6.07, 6.45) is -0.164. The van der Waals surface area contributed by atoms with Crippen LogP contribution in [0.15, 0.2) is 16.7 Å². The lowest BCUT2D eigenvalue weighted by Crippen LogP contribution is -1.94. The van der Waals surface area contributed by atoms with E-state index in [2.05, 4.69) is 25.3 Å². The van der Waals surface area contributed by atoms with Crippen molar-refractivity contribution in [2.24, 2.45) is 0 Å². The largest absolute Gasteiger partial charge is 0.361 e. The van der Waals surface area contributed by atoms with Crippen LogP contribution in [-0.2, 0) is 0 Å². The average molecular weight is 383 g/mol. The summed E-state index contributed by atoms with van der Waals surface area (Å²) in [6.45, 7) is 7.59. The van der Waals surface area contributed by atoms with Gasteiger partial charge in [0, 0.05) is 28.8 Å². The molecule has 3 heterocycles. The second-order valence-corrected chi connectivity index (χ2v) is 7.57. The quantitative estimate of drug-likeness (QED) is 0.523. The molecule has 6 nitrogen and oxygen atoms in total. The number of hydrogen-bond donors (Lipinski definition) is 2. The number of halogens is 2. The number of aromatic nitrogens is 5. The molecule has 1 aromatic carbocycles. The van der Waals surface area contributed by atoms with Crippen LogP contribution in [0.2, 0.25) is 0 Å². The van der Waals surface area contributed by atoms with Crippen LogP contribution in [0, 0.1) is 27.7 Å². The number of rotatable bonds is 3. The molecule has 0 saturated heterocycles. The smallest absolute Gasteiger partial charge is 0.259 e. The SMILES string of the molecule is Cc1n[nH]c(C)c1-c1cc(-c2c(C)noc2C)cc2nc(C3CC3(F)F)[nH]c12. The third-order valence-electron chi connectivity index (χ3n) is 5.49. The van der Waals surface area contributed by atoms with E-state index in [0.717, 1.165) is 44.9 Å². The number of nitrogens with one attached hydrogen (secondary N) is 2.